The summed E-state index contributed by atoms with van der Waals surface area (Å²) >= 11 is 0. The summed E-state index contributed by atoms with van der Waals surface area (Å²) in [5, 5.41) is 0. The van der Waals surface area contributed by atoms with Crippen LogP contribution in [0, 0.1) is 5.82 Å². The Labute approximate surface area is 133 Å². The number of carbonyl (C=O) groups is 2. The zero-order valence-electron chi connectivity index (χ0n) is 12.7. The molecule has 7 heteroatoms. The van der Waals surface area contributed by atoms with Gasteiger partial charge in [0, 0.05) is 32.6 Å². The van der Waals surface area contributed by atoms with Gasteiger partial charge in [-0.25, -0.2) is 4.39 Å². The Morgan fingerprint density at radius 2 is 1.91 bits per heavy atom. The van der Waals surface area contributed by atoms with Gasteiger partial charge in [0.15, 0.2) is 6.61 Å². The smallest absolute Gasteiger partial charge is 0.323 e. The molecule has 0 aromatic heterocycles. The van der Waals surface area contributed by atoms with Crippen molar-refractivity contribution in [1.82, 2.24) is 9.80 Å². The van der Waals surface area contributed by atoms with Gasteiger partial charge in [-0.2, -0.15) is 0 Å². The van der Waals surface area contributed by atoms with Crippen molar-refractivity contribution >= 4 is 11.9 Å². The van der Waals surface area contributed by atoms with Crippen LogP contribution in [0.25, 0.3) is 0 Å². The van der Waals surface area contributed by atoms with E-state index in [0.29, 0.717) is 38.5 Å². The largest absolute Gasteiger partial charge is 0.484 e. The average molecular weight is 322 g/mol. The van der Waals surface area contributed by atoms with Gasteiger partial charge in [-0.05, 0) is 24.3 Å². The minimum Gasteiger partial charge on any atom is -0.484 e. The molecule has 124 valence electrons. The number of benzene rings is 1. The number of cyclic esters (lactones) is 1. The third-order valence-electron chi connectivity index (χ3n) is 4.19. The summed E-state index contributed by atoms with van der Waals surface area (Å²) in [7, 11) is 0. The molecule has 0 saturated carbocycles. The quantitative estimate of drug-likeness (QED) is 0.763. The SMILES string of the molecule is O=C1OCCC1N1CCN(C(=O)COc2ccc(F)cc2)CC1. The second-order valence-corrected chi connectivity index (χ2v) is 5.63. The van der Waals surface area contributed by atoms with Gasteiger partial charge in [0.25, 0.3) is 5.91 Å². The van der Waals surface area contributed by atoms with Gasteiger partial charge in [0.2, 0.25) is 0 Å². The first kappa shape index (κ1) is 15.7. The van der Waals surface area contributed by atoms with Crippen LogP contribution < -0.4 is 4.74 Å². The van der Waals surface area contributed by atoms with Gasteiger partial charge >= 0.3 is 5.97 Å². The van der Waals surface area contributed by atoms with Crippen LogP contribution in [0.1, 0.15) is 6.42 Å². The van der Waals surface area contributed by atoms with Crippen molar-refractivity contribution in [2.45, 2.75) is 12.5 Å². The van der Waals surface area contributed by atoms with Crippen LogP contribution in [0.2, 0.25) is 0 Å². The number of rotatable bonds is 4. The molecule has 23 heavy (non-hydrogen) atoms. The molecule has 0 spiro atoms. The van der Waals surface area contributed by atoms with Crippen LogP contribution in [-0.4, -0.2) is 67.1 Å². The number of hydrogen-bond acceptors (Lipinski definition) is 5. The van der Waals surface area contributed by atoms with Gasteiger partial charge in [-0.15, -0.1) is 0 Å². The van der Waals surface area contributed by atoms with Crippen molar-refractivity contribution in [1.29, 1.82) is 0 Å². The van der Waals surface area contributed by atoms with Gasteiger partial charge in [-0.1, -0.05) is 0 Å². The molecule has 0 N–H and O–H groups in total. The van der Waals surface area contributed by atoms with Crippen molar-refractivity contribution in [2.75, 3.05) is 39.4 Å². The summed E-state index contributed by atoms with van der Waals surface area (Å²) in [6, 6.07) is 5.40. The minimum atomic E-state index is -0.342. The maximum Gasteiger partial charge on any atom is 0.323 e. The van der Waals surface area contributed by atoms with E-state index in [2.05, 4.69) is 4.90 Å². The van der Waals surface area contributed by atoms with E-state index >= 15 is 0 Å². The molecule has 1 unspecified atom stereocenters. The molecular weight excluding hydrogens is 303 g/mol. The fraction of sp³-hybridized carbons (Fsp3) is 0.500. The molecule has 2 heterocycles. The summed E-state index contributed by atoms with van der Waals surface area (Å²) in [6.07, 6.45) is 0.723. The van der Waals surface area contributed by atoms with E-state index in [0.717, 1.165) is 6.42 Å². The van der Waals surface area contributed by atoms with Gasteiger partial charge in [-0.3, -0.25) is 14.5 Å². The number of hydrogen-bond donors (Lipinski definition) is 0. The van der Waals surface area contributed by atoms with Crippen LogP contribution in [0.3, 0.4) is 0 Å². The van der Waals surface area contributed by atoms with E-state index in [4.69, 9.17) is 9.47 Å². The van der Waals surface area contributed by atoms with Crippen molar-refractivity contribution in [3.05, 3.63) is 30.1 Å². The third kappa shape index (κ3) is 3.79. The highest BCUT2D eigenvalue weighted by Gasteiger charge is 2.34. The van der Waals surface area contributed by atoms with E-state index in [1.807, 2.05) is 0 Å². The number of halogens is 1. The molecule has 0 aliphatic carbocycles. The molecule has 1 atom stereocenters. The van der Waals surface area contributed by atoms with Crippen molar-refractivity contribution in [3.63, 3.8) is 0 Å². The molecule has 3 rings (SSSR count). The highest BCUT2D eigenvalue weighted by atomic mass is 19.1. The number of ether oxygens (including phenoxy) is 2. The van der Waals surface area contributed by atoms with Crippen LogP contribution in [0.4, 0.5) is 4.39 Å². The summed E-state index contributed by atoms with van der Waals surface area (Å²) in [6.45, 7) is 2.85. The molecule has 2 aliphatic rings. The number of carbonyl (C=O) groups excluding carboxylic acids is 2. The summed E-state index contributed by atoms with van der Waals surface area (Å²) in [4.78, 5) is 27.5. The van der Waals surface area contributed by atoms with Gasteiger partial charge < -0.3 is 14.4 Å². The highest BCUT2D eigenvalue weighted by Crippen LogP contribution is 2.16. The normalized spacial score (nSPS) is 22.0. The molecule has 6 nitrogen and oxygen atoms in total. The number of piperazine rings is 1. The fourth-order valence-electron chi connectivity index (χ4n) is 2.87. The maximum absolute atomic E-state index is 12.8. The Hall–Kier alpha value is -2.15. The lowest BCUT2D eigenvalue weighted by atomic mass is 10.2. The number of esters is 1. The number of nitrogens with zero attached hydrogens (tertiary/aromatic N) is 2. The van der Waals surface area contributed by atoms with Crippen molar-refractivity contribution in [3.8, 4) is 5.75 Å². The van der Waals surface area contributed by atoms with Gasteiger partial charge in [0.1, 0.15) is 17.6 Å². The number of amides is 1. The lowest BCUT2D eigenvalue weighted by Crippen LogP contribution is -2.53. The van der Waals surface area contributed by atoms with Crippen LogP contribution in [0.15, 0.2) is 24.3 Å². The van der Waals surface area contributed by atoms with E-state index in [1.54, 1.807) is 4.90 Å². The lowest BCUT2D eigenvalue weighted by molar-refractivity contribution is -0.143. The molecule has 2 fully saturated rings. The molecule has 2 aliphatic heterocycles. The standard InChI is InChI=1S/C16H19FN2O4/c17-12-1-3-13(4-2-12)23-11-15(20)19-8-6-18(7-9-19)14-5-10-22-16(14)21/h1-4,14H,5-11H2. The first-order valence-corrected chi connectivity index (χ1v) is 7.70. The summed E-state index contributed by atoms with van der Waals surface area (Å²) < 4.78 is 23.2. The molecule has 1 amide bonds. The van der Waals surface area contributed by atoms with E-state index < -0.39 is 0 Å². The Bertz CT molecular complexity index is 570. The van der Waals surface area contributed by atoms with E-state index in [-0.39, 0.29) is 30.3 Å². The fourth-order valence-corrected chi connectivity index (χ4v) is 2.87. The summed E-state index contributed by atoms with van der Waals surface area (Å²) in [5.41, 5.74) is 0. The van der Waals surface area contributed by atoms with Gasteiger partial charge in [0.05, 0.1) is 6.61 Å². The lowest BCUT2D eigenvalue weighted by Gasteiger charge is -2.36. The first-order chi connectivity index (χ1) is 11.1. The zero-order chi connectivity index (χ0) is 16.2. The molecule has 0 bridgehead atoms. The molecule has 1 aromatic carbocycles. The Balaban J connectivity index is 1.44. The van der Waals surface area contributed by atoms with E-state index in [1.165, 1.54) is 24.3 Å². The predicted octanol–water partition coefficient (Wildman–Crippen LogP) is 0.664. The minimum absolute atomic E-state index is 0.0723. The summed E-state index contributed by atoms with van der Waals surface area (Å²) in [5.74, 6) is -0.148. The molecule has 2 saturated heterocycles. The predicted molar refractivity (Wildman–Crippen MR) is 79.4 cm³/mol. The molecule has 0 radical (unpaired) electrons. The Kier molecular flexibility index (Phi) is 4.76. The highest BCUT2D eigenvalue weighted by molar-refractivity contribution is 5.78. The van der Waals surface area contributed by atoms with Crippen LogP contribution in [-0.2, 0) is 14.3 Å². The Morgan fingerprint density at radius 3 is 2.52 bits per heavy atom. The zero-order valence-corrected chi connectivity index (χ0v) is 12.7. The van der Waals surface area contributed by atoms with Crippen LogP contribution in [0.5, 0.6) is 5.75 Å². The second kappa shape index (κ2) is 6.95. The van der Waals surface area contributed by atoms with E-state index in [9.17, 15) is 14.0 Å². The maximum atomic E-state index is 12.8. The average Bonchev–Trinajstić information content (AvgIpc) is 3.00. The first-order valence-electron chi connectivity index (χ1n) is 7.70. The third-order valence-corrected chi connectivity index (χ3v) is 4.19. The van der Waals surface area contributed by atoms with Crippen molar-refractivity contribution in [2.24, 2.45) is 0 Å². The van der Waals surface area contributed by atoms with Crippen molar-refractivity contribution < 1.29 is 23.5 Å². The van der Waals surface area contributed by atoms with Crippen LogP contribution >= 0.6 is 0 Å². The second-order valence-electron chi connectivity index (χ2n) is 5.63. The molecular formula is C16H19FN2O4. The monoisotopic (exact) mass is 322 g/mol. The molecule has 1 aromatic rings. The Morgan fingerprint density at radius 1 is 1.22 bits per heavy atom. The topological polar surface area (TPSA) is 59.1 Å².